The third-order valence-electron chi connectivity index (χ3n) is 3.80. The second kappa shape index (κ2) is 10.5. The standard InChI is InChI=1S/C20H25ClN2O4/c1-4-11-27-17-8-6-15(13-16(17)21)23-20(24)22-10-9-14-5-7-18(25-2)19(12-14)26-3/h5-8,12-13H,4,9-11H2,1-3H3,(H2,22,23,24). The van der Waals surface area contributed by atoms with Crippen molar-refractivity contribution in [1.29, 1.82) is 0 Å². The Bertz CT molecular complexity index is 768. The summed E-state index contributed by atoms with van der Waals surface area (Å²) in [6.45, 7) is 3.10. The van der Waals surface area contributed by atoms with Crippen LogP contribution < -0.4 is 24.8 Å². The van der Waals surface area contributed by atoms with Crippen LogP contribution in [0.15, 0.2) is 36.4 Å². The quantitative estimate of drug-likeness (QED) is 0.658. The fourth-order valence-corrected chi connectivity index (χ4v) is 2.67. The van der Waals surface area contributed by atoms with Gasteiger partial charge in [0.05, 0.1) is 25.8 Å². The lowest BCUT2D eigenvalue weighted by atomic mass is 10.1. The van der Waals surface area contributed by atoms with Crippen LogP contribution in [0.5, 0.6) is 17.2 Å². The molecule has 7 heteroatoms. The van der Waals surface area contributed by atoms with Crippen LogP contribution in [0.4, 0.5) is 10.5 Å². The fraction of sp³-hybridized carbons (Fsp3) is 0.350. The number of halogens is 1. The summed E-state index contributed by atoms with van der Waals surface area (Å²) in [7, 11) is 3.19. The highest BCUT2D eigenvalue weighted by Crippen LogP contribution is 2.28. The van der Waals surface area contributed by atoms with Crippen LogP contribution in [0.2, 0.25) is 5.02 Å². The van der Waals surface area contributed by atoms with E-state index in [4.69, 9.17) is 25.8 Å². The average Bonchev–Trinajstić information content (AvgIpc) is 2.67. The zero-order valence-corrected chi connectivity index (χ0v) is 16.6. The average molecular weight is 393 g/mol. The van der Waals surface area contributed by atoms with Gasteiger partial charge in [0.25, 0.3) is 0 Å². The van der Waals surface area contributed by atoms with Crippen molar-refractivity contribution in [2.45, 2.75) is 19.8 Å². The number of carbonyl (C=O) groups is 1. The Kier molecular flexibility index (Phi) is 8.07. The number of hydrogen-bond acceptors (Lipinski definition) is 4. The van der Waals surface area contributed by atoms with Crippen LogP contribution >= 0.6 is 11.6 Å². The Morgan fingerprint density at radius 2 is 1.78 bits per heavy atom. The van der Waals surface area contributed by atoms with E-state index >= 15 is 0 Å². The molecule has 0 aliphatic heterocycles. The summed E-state index contributed by atoms with van der Waals surface area (Å²) in [4.78, 5) is 12.1. The summed E-state index contributed by atoms with van der Waals surface area (Å²) in [6.07, 6.45) is 1.57. The summed E-state index contributed by atoms with van der Waals surface area (Å²) >= 11 is 6.17. The third kappa shape index (κ3) is 6.25. The molecule has 0 aromatic heterocycles. The van der Waals surface area contributed by atoms with Gasteiger partial charge >= 0.3 is 6.03 Å². The number of amides is 2. The molecule has 0 saturated carbocycles. The second-order valence-electron chi connectivity index (χ2n) is 5.81. The van der Waals surface area contributed by atoms with Gasteiger partial charge in [-0.2, -0.15) is 0 Å². The van der Waals surface area contributed by atoms with E-state index in [0.29, 0.717) is 47.5 Å². The van der Waals surface area contributed by atoms with Gasteiger partial charge in [-0.25, -0.2) is 4.79 Å². The third-order valence-corrected chi connectivity index (χ3v) is 4.09. The van der Waals surface area contributed by atoms with Crippen molar-refractivity contribution in [2.75, 3.05) is 32.7 Å². The molecule has 2 rings (SSSR count). The highest BCUT2D eigenvalue weighted by molar-refractivity contribution is 6.32. The van der Waals surface area contributed by atoms with Gasteiger partial charge in [0.2, 0.25) is 0 Å². The zero-order chi connectivity index (χ0) is 19.6. The minimum atomic E-state index is -0.297. The molecule has 0 radical (unpaired) electrons. The summed E-state index contributed by atoms with van der Waals surface area (Å²) in [5.74, 6) is 1.95. The largest absolute Gasteiger partial charge is 0.493 e. The van der Waals surface area contributed by atoms with Crippen molar-refractivity contribution in [3.8, 4) is 17.2 Å². The maximum absolute atomic E-state index is 12.1. The fourth-order valence-electron chi connectivity index (χ4n) is 2.44. The lowest BCUT2D eigenvalue weighted by Gasteiger charge is -2.11. The number of urea groups is 1. The maximum Gasteiger partial charge on any atom is 0.319 e. The van der Waals surface area contributed by atoms with Gasteiger partial charge in [0.15, 0.2) is 11.5 Å². The van der Waals surface area contributed by atoms with Crippen molar-refractivity contribution in [3.63, 3.8) is 0 Å². The number of carbonyl (C=O) groups excluding carboxylic acids is 1. The molecule has 0 aliphatic carbocycles. The number of hydrogen-bond donors (Lipinski definition) is 2. The molecule has 2 N–H and O–H groups in total. The Balaban J connectivity index is 1.83. The number of benzene rings is 2. The first-order chi connectivity index (χ1) is 13.1. The van der Waals surface area contributed by atoms with E-state index in [9.17, 15) is 4.79 Å². The summed E-state index contributed by atoms with van der Waals surface area (Å²) < 4.78 is 16.0. The predicted molar refractivity (Wildman–Crippen MR) is 108 cm³/mol. The number of anilines is 1. The monoisotopic (exact) mass is 392 g/mol. The number of ether oxygens (including phenoxy) is 3. The first-order valence-electron chi connectivity index (χ1n) is 8.75. The molecular weight excluding hydrogens is 368 g/mol. The highest BCUT2D eigenvalue weighted by atomic mass is 35.5. The molecule has 0 fully saturated rings. The number of rotatable bonds is 9. The Labute approximate surface area is 164 Å². The first-order valence-corrected chi connectivity index (χ1v) is 9.13. The van der Waals surface area contributed by atoms with Crippen molar-refractivity contribution in [2.24, 2.45) is 0 Å². The smallest absolute Gasteiger partial charge is 0.319 e. The predicted octanol–water partition coefficient (Wildman–Crippen LogP) is 4.51. The molecule has 2 aromatic rings. The van der Waals surface area contributed by atoms with E-state index in [1.807, 2.05) is 25.1 Å². The summed E-state index contributed by atoms with van der Waals surface area (Å²) in [6, 6.07) is 10.6. The molecule has 2 amide bonds. The van der Waals surface area contributed by atoms with Crippen LogP contribution in [0.3, 0.4) is 0 Å². The Morgan fingerprint density at radius 1 is 1.04 bits per heavy atom. The van der Waals surface area contributed by atoms with E-state index in [1.165, 1.54) is 0 Å². The minimum Gasteiger partial charge on any atom is -0.493 e. The van der Waals surface area contributed by atoms with E-state index < -0.39 is 0 Å². The molecule has 2 aromatic carbocycles. The normalized spacial score (nSPS) is 10.2. The molecule has 6 nitrogen and oxygen atoms in total. The SMILES string of the molecule is CCCOc1ccc(NC(=O)NCCc2ccc(OC)c(OC)c2)cc1Cl. The summed E-state index contributed by atoms with van der Waals surface area (Å²) in [5, 5.41) is 6.04. The molecule has 0 atom stereocenters. The lowest BCUT2D eigenvalue weighted by Crippen LogP contribution is -2.30. The highest BCUT2D eigenvalue weighted by Gasteiger charge is 2.07. The lowest BCUT2D eigenvalue weighted by molar-refractivity contribution is 0.252. The number of methoxy groups -OCH3 is 2. The summed E-state index contributed by atoms with van der Waals surface area (Å²) in [5.41, 5.74) is 1.64. The molecule has 0 spiro atoms. The topological polar surface area (TPSA) is 68.8 Å². The Morgan fingerprint density at radius 3 is 2.44 bits per heavy atom. The van der Waals surface area contributed by atoms with Gasteiger partial charge in [-0.1, -0.05) is 24.6 Å². The second-order valence-corrected chi connectivity index (χ2v) is 6.22. The van der Waals surface area contributed by atoms with Crippen molar-refractivity contribution in [1.82, 2.24) is 5.32 Å². The van der Waals surface area contributed by atoms with Crippen molar-refractivity contribution >= 4 is 23.3 Å². The van der Waals surface area contributed by atoms with Gasteiger partial charge in [0.1, 0.15) is 5.75 Å². The van der Waals surface area contributed by atoms with Crippen molar-refractivity contribution < 1.29 is 19.0 Å². The van der Waals surface area contributed by atoms with E-state index in [0.717, 1.165) is 12.0 Å². The van der Waals surface area contributed by atoms with E-state index in [2.05, 4.69) is 10.6 Å². The first kappa shape index (κ1) is 20.7. The van der Waals surface area contributed by atoms with Crippen molar-refractivity contribution in [3.05, 3.63) is 47.0 Å². The molecule has 27 heavy (non-hydrogen) atoms. The van der Waals surface area contributed by atoms with Gasteiger partial charge in [-0.3, -0.25) is 0 Å². The molecule has 0 bridgehead atoms. The van der Waals surface area contributed by atoms with Gasteiger partial charge in [-0.05, 0) is 48.7 Å². The molecule has 0 aliphatic rings. The molecule has 0 saturated heterocycles. The Hall–Kier alpha value is -2.60. The minimum absolute atomic E-state index is 0.297. The molecular formula is C20H25ClN2O4. The molecule has 0 heterocycles. The zero-order valence-electron chi connectivity index (χ0n) is 15.8. The van der Waals surface area contributed by atoms with E-state index in [-0.39, 0.29) is 6.03 Å². The van der Waals surface area contributed by atoms with Gasteiger partial charge < -0.3 is 24.8 Å². The van der Waals surface area contributed by atoms with Crippen LogP contribution in [0.25, 0.3) is 0 Å². The maximum atomic E-state index is 12.1. The van der Waals surface area contributed by atoms with E-state index in [1.54, 1.807) is 32.4 Å². The van der Waals surface area contributed by atoms with Crippen LogP contribution in [0.1, 0.15) is 18.9 Å². The van der Waals surface area contributed by atoms with Crippen LogP contribution in [-0.2, 0) is 6.42 Å². The van der Waals surface area contributed by atoms with Crippen LogP contribution in [-0.4, -0.2) is 33.4 Å². The van der Waals surface area contributed by atoms with Gasteiger partial charge in [-0.15, -0.1) is 0 Å². The number of nitrogens with one attached hydrogen (secondary N) is 2. The van der Waals surface area contributed by atoms with Gasteiger partial charge in [0, 0.05) is 12.2 Å². The molecule has 146 valence electrons. The molecule has 0 unspecified atom stereocenters. The van der Waals surface area contributed by atoms with Crippen LogP contribution in [0, 0.1) is 0 Å².